The fourth-order valence-corrected chi connectivity index (χ4v) is 4.28. The Morgan fingerprint density at radius 1 is 0.975 bits per heavy atom. The quantitative estimate of drug-likeness (QED) is 0.104. The van der Waals surface area contributed by atoms with Crippen molar-refractivity contribution in [2.24, 2.45) is 11.8 Å². The predicted octanol–water partition coefficient (Wildman–Crippen LogP) is 8.91. The molecule has 1 N–H and O–H groups in total. The zero-order valence-electron chi connectivity index (χ0n) is 26.1. The van der Waals surface area contributed by atoms with Crippen LogP contribution in [0.15, 0.2) is 89.2 Å². The van der Waals surface area contributed by atoms with Gasteiger partial charge in [0.15, 0.2) is 5.78 Å². The molecule has 40 heavy (non-hydrogen) atoms. The van der Waals surface area contributed by atoms with E-state index in [1.54, 1.807) is 6.07 Å². The molecule has 3 aromatic heterocycles. The Morgan fingerprint density at radius 2 is 1.73 bits per heavy atom. The molecule has 0 spiro atoms. The van der Waals surface area contributed by atoms with Crippen LogP contribution < -0.4 is 0 Å². The molecular formula is C34H35IrN2O3-. The van der Waals surface area contributed by atoms with Crippen LogP contribution in [0.1, 0.15) is 50.3 Å². The van der Waals surface area contributed by atoms with Crippen LogP contribution in [0.4, 0.5) is 0 Å². The van der Waals surface area contributed by atoms with Crippen molar-refractivity contribution >= 4 is 27.9 Å². The van der Waals surface area contributed by atoms with Gasteiger partial charge in [0, 0.05) is 60.4 Å². The molecule has 3 heterocycles. The van der Waals surface area contributed by atoms with Crippen molar-refractivity contribution in [2.45, 2.75) is 47.4 Å². The Hall–Kier alpha value is -3.60. The van der Waals surface area contributed by atoms with Gasteiger partial charge in [0.25, 0.3) is 0 Å². The molecule has 5 rings (SSSR count). The topological polar surface area (TPSA) is 76.2 Å². The summed E-state index contributed by atoms with van der Waals surface area (Å²) in [5.74, 6) is 0.979. The average Bonchev–Trinajstić information content (AvgIpc) is 3.31. The van der Waals surface area contributed by atoms with Crippen LogP contribution >= 0.6 is 0 Å². The first kappa shape index (κ1) is 26.6. The molecule has 0 amide bonds. The van der Waals surface area contributed by atoms with Gasteiger partial charge in [-0.25, -0.2) is 4.98 Å². The maximum absolute atomic E-state index is 11.2. The monoisotopic (exact) mass is 715 g/mol. The van der Waals surface area contributed by atoms with Crippen LogP contribution in [0.25, 0.3) is 44.5 Å². The number of allylic oxidation sites excluding steroid dienone is 2. The zero-order chi connectivity index (χ0) is 30.4. The molecule has 6 heteroatoms. The smallest absolute Gasteiger partial charge is 0.216 e. The second-order valence-electron chi connectivity index (χ2n) is 10.3. The van der Waals surface area contributed by atoms with Crippen molar-refractivity contribution in [1.82, 2.24) is 9.97 Å². The second kappa shape index (κ2) is 14.2. The summed E-state index contributed by atoms with van der Waals surface area (Å²) in [6.45, 7) is 5.72. The second-order valence-corrected chi connectivity index (χ2v) is 10.3. The molecule has 0 aliphatic heterocycles. The first-order chi connectivity index (χ1) is 19.9. The Labute approximate surface area is 253 Å². The van der Waals surface area contributed by atoms with Gasteiger partial charge in [-0.05, 0) is 47.6 Å². The number of hydrogen-bond donors (Lipinski definition) is 1. The molecule has 0 bridgehead atoms. The van der Waals surface area contributed by atoms with E-state index in [9.17, 15) is 9.90 Å². The molecule has 0 aliphatic rings. The molecule has 2 aromatic carbocycles. The largest absolute Gasteiger partial charge is 0.512 e. The number of aliphatic hydroxyl groups excluding tert-OH is 1. The van der Waals surface area contributed by atoms with E-state index in [4.69, 9.17) is 8.53 Å². The average molecular weight is 715 g/mol. The summed E-state index contributed by atoms with van der Waals surface area (Å²) < 4.78 is 28.6. The van der Waals surface area contributed by atoms with Gasteiger partial charge >= 0.3 is 0 Å². The van der Waals surface area contributed by atoms with E-state index < -0.39 is 6.85 Å². The van der Waals surface area contributed by atoms with Crippen molar-refractivity contribution in [3.05, 3.63) is 96.5 Å². The van der Waals surface area contributed by atoms with Crippen molar-refractivity contribution < 1.29 is 38.5 Å². The number of aliphatic hydroxyl groups is 1. The van der Waals surface area contributed by atoms with E-state index in [0.717, 1.165) is 33.2 Å². The van der Waals surface area contributed by atoms with Gasteiger partial charge in [0.05, 0.1) is 11.3 Å². The molecule has 209 valence electrons. The molecule has 0 fully saturated rings. The summed E-state index contributed by atoms with van der Waals surface area (Å²) in [5, 5.41) is 11.0. The summed E-state index contributed by atoms with van der Waals surface area (Å²) in [6, 6.07) is 24.2. The third kappa shape index (κ3) is 7.97. The van der Waals surface area contributed by atoms with Crippen molar-refractivity contribution in [1.29, 1.82) is 0 Å². The summed E-state index contributed by atoms with van der Waals surface area (Å²) in [6.07, 6.45) is 4.29. The molecule has 0 aliphatic carbocycles. The molecule has 5 nitrogen and oxygen atoms in total. The number of rotatable bonds is 7. The Bertz CT molecular complexity index is 1690. The Kier molecular flexibility index (Phi) is 9.42. The van der Waals surface area contributed by atoms with Gasteiger partial charge in [-0.1, -0.05) is 81.1 Å². The number of nitrogens with zero attached hydrogens (tertiary/aromatic N) is 2. The van der Waals surface area contributed by atoms with Gasteiger partial charge in [-0.3, -0.25) is 4.79 Å². The minimum absolute atomic E-state index is 0. The van der Waals surface area contributed by atoms with Crippen LogP contribution in [0.2, 0.25) is 0 Å². The molecule has 0 atom stereocenters. The number of aryl methyl sites for hydroxylation is 1. The molecule has 0 saturated carbocycles. The third-order valence-corrected chi connectivity index (χ3v) is 5.98. The van der Waals surface area contributed by atoms with Gasteiger partial charge in [-0.2, -0.15) is 0 Å². The maximum atomic E-state index is 11.2. The van der Waals surface area contributed by atoms with Gasteiger partial charge in [-0.15, -0.1) is 18.2 Å². The van der Waals surface area contributed by atoms with Gasteiger partial charge in [0.2, 0.25) is 5.71 Å². The minimum Gasteiger partial charge on any atom is -0.512 e. The van der Waals surface area contributed by atoms with E-state index in [2.05, 4.69) is 16.0 Å². The molecular weight excluding hydrogens is 677 g/mol. The van der Waals surface area contributed by atoms with Gasteiger partial charge < -0.3 is 14.5 Å². The van der Waals surface area contributed by atoms with E-state index >= 15 is 0 Å². The van der Waals surface area contributed by atoms with E-state index in [1.165, 1.54) is 12.1 Å². The number of fused-ring (bicyclic) bond motifs is 3. The first-order valence-corrected chi connectivity index (χ1v) is 13.1. The molecule has 5 aromatic rings. The van der Waals surface area contributed by atoms with Crippen LogP contribution in [-0.2, 0) is 24.9 Å². The normalized spacial score (nSPS) is 12.8. The first-order valence-electron chi connectivity index (χ1n) is 14.6. The number of pyridine rings is 2. The standard InChI is InChI=1S/C23H15N2O.C11H20O2.Ir/c1-15-10-12-19-18-8-5-9-20(22(18)26-23(19)25-15)21-13-11-17(14-24-21)16-6-3-2-4-7-16;1-8(2)5-10(12)7-11(13)6-9(3)4;/h2-8,10-14H,1H3;7-9,12H,5-6H2,1-4H3;/q-1;;/b;10-7-;/i1D3;;. The number of ketones is 1. The maximum Gasteiger partial charge on any atom is 0.216 e. The zero-order valence-corrected chi connectivity index (χ0v) is 25.5. The number of benzene rings is 2. The van der Waals surface area contributed by atoms with Crippen molar-refractivity contribution in [3.63, 3.8) is 0 Å². The Balaban J connectivity index is 0.000000310. The van der Waals surface area contributed by atoms with E-state index in [1.807, 2.05) is 88.5 Å². The van der Waals surface area contributed by atoms with Crippen LogP contribution in [-0.4, -0.2) is 20.9 Å². The summed E-state index contributed by atoms with van der Waals surface area (Å²) in [7, 11) is 0. The van der Waals surface area contributed by atoms with E-state index in [0.29, 0.717) is 36.0 Å². The van der Waals surface area contributed by atoms with Crippen LogP contribution in [0.3, 0.4) is 0 Å². The van der Waals surface area contributed by atoms with Crippen molar-refractivity contribution in [2.75, 3.05) is 0 Å². The van der Waals surface area contributed by atoms with Crippen LogP contribution in [0, 0.1) is 24.8 Å². The minimum atomic E-state index is -2.28. The molecule has 0 saturated heterocycles. The van der Waals surface area contributed by atoms with Crippen molar-refractivity contribution in [3.8, 4) is 22.4 Å². The number of furan rings is 1. The third-order valence-electron chi connectivity index (χ3n) is 5.98. The number of aromatic nitrogens is 2. The molecule has 1 radical (unpaired) electrons. The summed E-state index contributed by atoms with van der Waals surface area (Å²) in [5.41, 5.74) is 4.47. The number of hydrogen-bond acceptors (Lipinski definition) is 5. The van der Waals surface area contributed by atoms with Crippen LogP contribution in [0.5, 0.6) is 0 Å². The Morgan fingerprint density at radius 3 is 2.38 bits per heavy atom. The fraction of sp³-hybridized carbons (Fsp3) is 0.265. The number of carbonyl (C=O) groups is 1. The number of carbonyl (C=O) groups excluding carboxylic acids is 1. The predicted molar refractivity (Wildman–Crippen MR) is 158 cm³/mol. The fourth-order valence-electron chi connectivity index (χ4n) is 4.28. The van der Waals surface area contributed by atoms with E-state index in [-0.39, 0.29) is 37.3 Å². The molecule has 0 unspecified atom stereocenters. The summed E-state index contributed by atoms with van der Waals surface area (Å²) >= 11 is 0. The van der Waals surface area contributed by atoms with Gasteiger partial charge in [0.1, 0.15) is 0 Å². The SMILES string of the molecule is CC(C)CC(=O)/C=C(\O)CC(C)C.[2H]C([2H])([2H])c1ccc2c(n1)oc1c(-c3ccc(-c4ccccc4)cn3)[c-]ccc12.[Ir]. The summed E-state index contributed by atoms with van der Waals surface area (Å²) in [4.78, 5) is 20.0.